The van der Waals surface area contributed by atoms with Crippen molar-refractivity contribution in [2.45, 2.75) is 58.9 Å². The lowest BCUT2D eigenvalue weighted by atomic mass is 9.99. The highest BCUT2D eigenvalue weighted by Crippen LogP contribution is 2.22. The molecule has 150 valence electrons. The summed E-state index contributed by atoms with van der Waals surface area (Å²) in [7, 11) is 2.20. The molecule has 1 aliphatic rings. The van der Waals surface area contributed by atoms with Gasteiger partial charge in [0.15, 0.2) is 11.7 Å². The molecule has 0 amide bonds. The van der Waals surface area contributed by atoms with Crippen molar-refractivity contribution >= 4 is 29.9 Å². The van der Waals surface area contributed by atoms with Gasteiger partial charge in [0, 0.05) is 31.6 Å². The van der Waals surface area contributed by atoms with Crippen LogP contribution in [-0.4, -0.2) is 49.2 Å². The second kappa shape index (κ2) is 12.5. The first-order valence-corrected chi connectivity index (χ1v) is 9.82. The Morgan fingerprint density at radius 3 is 2.77 bits per heavy atom. The second-order valence-electron chi connectivity index (χ2n) is 7.08. The van der Waals surface area contributed by atoms with Crippen LogP contribution in [0.3, 0.4) is 0 Å². The molecule has 0 saturated carbocycles. The summed E-state index contributed by atoms with van der Waals surface area (Å²) in [6.45, 7) is 11.2. The Kier molecular flexibility index (Phi) is 11.2. The van der Waals surface area contributed by atoms with Crippen LogP contribution in [0, 0.1) is 5.92 Å². The van der Waals surface area contributed by atoms with Crippen molar-refractivity contribution in [3.63, 3.8) is 0 Å². The Hall–Kier alpha value is -0.830. The molecule has 0 aromatic carbocycles. The van der Waals surface area contributed by atoms with Gasteiger partial charge in [0.05, 0.1) is 5.69 Å². The molecule has 0 aliphatic carbocycles. The van der Waals surface area contributed by atoms with Gasteiger partial charge in [-0.3, -0.25) is 0 Å². The molecule has 26 heavy (non-hydrogen) atoms. The third-order valence-electron chi connectivity index (χ3n) is 5.00. The molecule has 1 fully saturated rings. The summed E-state index contributed by atoms with van der Waals surface area (Å²) in [5.41, 5.74) is 1.05. The molecule has 1 unspecified atom stereocenters. The molecule has 2 N–H and O–H groups in total. The summed E-state index contributed by atoms with van der Waals surface area (Å²) in [4.78, 5) is 7.07. The highest BCUT2D eigenvalue weighted by atomic mass is 127. The molecule has 1 saturated heterocycles. The lowest BCUT2D eigenvalue weighted by Crippen LogP contribution is -2.43. The van der Waals surface area contributed by atoms with Gasteiger partial charge in [-0.2, -0.15) is 0 Å². The topological polar surface area (TPSA) is 65.7 Å². The number of hydrogen-bond donors (Lipinski definition) is 2. The molecule has 2 heterocycles. The van der Waals surface area contributed by atoms with E-state index in [1.165, 1.54) is 19.4 Å². The van der Waals surface area contributed by atoms with Crippen LogP contribution in [0.2, 0.25) is 0 Å². The van der Waals surface area contributed by atoms with Crippen LogP contribution in [0.4, 0.5) is 0 Å². The maximum Gasteiger partial charge on any atom is 0.191 e. The van der Waals surface area contributed by atoms with E-state index in [1.54, 1.807) is 0 Å². The van der Waals surface area contributed by atoms with Crippen molar-refractivity contribution in [2.24, 2.45) is 10.9 Å². The van der Waals surface area contributed by atoms with E-state index in [9.17, 15) is 0 Å². The van der Waals surface area contributed by atoms with Crippen molar-refractivity contribution in [1.82, 2.24) is 20.7 Å². The minimum atomic E-state index is 0. The fourth-order valence-corrected chi connectivity index (χ4v) is 3.48. The predicted molar refractivity (Wildman–Crippen MR) is 118 cm³/mol. The highest BCUT2D eigenvalue weighted by Gasteiger charge is 2.17. The van der Waals surface area contributed by atoms with E-state index in [4.69, 9.17) is 4.52 Å². The first-order valence-electron chi connectivity index (χ1n) is 9.82. The van der Waals surface area contributed by atoms with Gasteiger partial charge in [-0.1, -0.05) is 19.0 Å². The maximum absolute atomic E-state index is 5.47. The Bertz CT molecular complexity index is 530. The number of piperidine rings is 1. The average Bonchev–Trinajstić information content (AvgIpc) is 3.07. The van der Waals surface area contributed by atoms with Gasteiger partial charge in [-0.25, -0.2) is 4.99 Å². The minimum Gasteiger partial charge on any atom is -0.359 e. The molecule has 0 bridgehead atoms. The first kappa shape index (κ1) is 23.2. The van der Waals surface area contributed by atoms with Crippen LogP contribution in [0.1, 0.15) is 63.8 Å². The Labute approximate surface area is 175 Å². The van der Waals surface area contributed by atoms with Crippen molar-refractivity contribution in [1.29, 1.82) is 0 Å². The number of nitrogens with zero attached hydrogens (tertiary/aromatic N) is 3. The van der Waals surface area contributed by atoms with Gasteiger partial charge < -0.3 is 20.1 Å². The summed E-state index contributed by atoms with van der Waals surface area (Å²) in [6.07, 6.45) is 4.75. The standard InChI is InChI=1S/C19H35N5O.HI/c1-5-16(6-2)18-11-17(25-23-18)13-22-19(20-7-3)21-12-15-9-8-10-24(4)14-15;/h11,15-16H,5-10,12-14H2,1-4H3,(H2,20,21,22);1H. The van der Waals surface area contributed by atoms with E-state index in [0.29, 0.717) is 18.4 Å². The number of hydrogen-bond acceptors (Lipinski definition) is 4. The predicted octanol–water partition coefficient (Wildman–Crippen LogP) is 3.59. The zero-order valence-electron chi connectivity index (χ0n) is 16.8. The molecule has 0 radical (unpaired) electrons. The monoisotopic (exact) mass is 477 g/mol. The number of rotatable bonds is 8. The fraction of sp³-hybridized carbons (Fsp3) is 0.789. The minimum absolute atomic E-state index is 0. The average molecular weight is 477 g/mol. The van der Waals surface area contributed by atoms with Crippen LogP contribution in [0.15, 0.2) is 15.6 Å². The van der Waals surface area contributed by atoms with E-state index < -0.39 is 0 Å². The molecule has 7 heteroatoms. The van der Waals surface area contributed by atoms with Crippen molar-refractivity contribution in [3.8, 4) is 0 Å². The summed E-state index contributed by atoms with van der Waals surface area (Å²) < 4.78 is 5.47. The van der Waals surface area contributed by atoms with E-state index in [1.807, 2.05) is 0 Å². The summed E-state index contributed by atoms with van der Waals surface area (Å²) in [6, 6.07) is 2.06. The smallest absolute Gasteiger partial charge is 0.191 e. The molecule has 1 aromatic heterocycles. The molecule has 2 rings (SSSR count). The lowest BCUT2D eigenvalue weighted by molar-refractivity contribution is 0.210. The molecule has 1 atom stereocenters. The van der Waals surface area contributed by atoms with Crippen LogP contribution in [0.25, 0.3) is 0 Å². The van der Waals surface area contributed by atoms with Gasteiger partial charge in [-0.15, -0.1) is 24.0 Å². The molecule has 6 nitrogen and oxygen atoms in total. The normalized spacial score (nSPS) is 18.7. The summed E-state index contributed by atoms with van der Waals surface area (Å²) in [5.74, 6) is 2.86. The number of nitrogens with one attached hydrogen (secondary N) is 2. The van der Waals surface area contributed by atoms with Gasteiger partial charge >= 0.3 is 0 Å². The SMILES string of the molecule is CCNC(=NCc1cc(C(CC)CC)no1)NCC1CCCN(C)C1.I. The van der Waals surface area contributed by atoms with E-state index >= 15 is 0 Å². The molecule has 1 aliphatic heterocycles. The van der Waals surface area contributed by atoms with E-state index in [-0.39, 0.29) is 24.0 Å². The van der Waals surface area contributed by atoms with Crippen LogP contribution in [0.5, 0.6) is 0 Å². The molecule has 1 aromatic rings. The third-order valence-corrected chi connectivity index (χ3v) is 5.00. The van der Waals surface area contributed by atoms with Gasteiger partial charge in [0.2, 0.25) is 0 Å². The Morgan fingerprint density at radius 1 is 1.35 bits per heavy atom. The zero-order valence-corrected chi connectivity index (χ0v) is 19.1. The van der Waals surface area contributed by atoms with Crippen molar-refractivity contribution in [3.05, 3.63) is 17.5 Å². The Morgan fingerprint density at radius 2 is 2.12 bits per heavy atom. The number of halogens is 1. The first-order chi connectivity index (χ1) is 12.2. The quantitative estimate of drug-likeness (QED) is 0.341. The largest absolute Gasteiger partial charge is 0.359 e. The molecular weight excluding hydrogens is 441 g/mol. The lowest BCUT2D eigenvalue weighted by Gasteiger charge is -2.30. The molecule has 0 spiro atoms. The number of aromatic nitrogens is 1. The van der Waals surface area contributed by atoms with Crippen LogP contribution in [-0.2, 0) is 6.54 Å². The summed E-state index contributed by atoms with van der Waals surface area (Å²) >= 11 is 0. The molecular formula is C19H36IN5O. The number of guanidine groups is 1. The Balaban J connectivity index is 0.00000338. The second-order valence-corrected chi connectivity index (χ2v) is 7.08. The third kappa shape index (κ3) is 7.42. The number of aliphatic imine (C=N–C) groups is 1. The number of likely N-dealkylation sites (tertiary alicyclic amines) is 1. The zero-order chi connectivity index (χ0) is 18.1. The maximum atomic E-state index is 5.47. The van der Waals surface area contributed by atoms with E-state index in [0.717, 1.165) is 49.9 Å². The van der Waals surface area contributed by atoms with Gasteiger partial charge in [-0.05, 0) is 52.1 Å². The van der Waals surface area contributed by atoms with Crippen molar-refractivity contribution < 1.29 is 4.52 Å². The van der Waals surface area contributed by atoms with E-state index in [2.05, 4.69) is 59.6 Å². The van der Waals surface area contributed by atoms with Gasteiger partial charge in [0.1, 0.15) is 6.54 Å². The van der Waals surface area contributed by atoms with Crippen molar-refractivity contribution in [2.75, 3.05) is 33.2 Å². The highest BCUT2D eigenvalue weighted by molar-refractivity contribution is 14.0. The van der Waals surface area contributed by atoms with Crippen LogP contribution < -0.4 is 10.6 Å². The fourth-order valence-electron chi connectivity index (χ4n) is 3.48. The van der Waals surface area contributed by atoms with Crippen LogP contribution >= 0.6 is 24.0 Å². The van der Waals surface area contributed by atoms with Gasteiger partial charge in [0.25, 0.3) is 0 Å². The summed E-state index contributed by atoms with van der Waals surface area (Å²) in [5, 5.41) is 11.0.